The van der Waals surface area contributed by atoms with E-state index in [1.54, 1.807) is 48.2 Å². The van der Waals surface area contributed by atoms with Gasteiger partial charge in [-0.05, 0) is 61.2 Å². The van der Waals surface area contributed by atoms with Crippen molar-refractivity contribution in [2.75, 3.05) is 17.3 Å². The topological polar surface area (TPSA) is 75.3 Å². The van der Waals surface area contributed by atoms with Gasteiger partial charge in [-0.1, -0.05) is 29.8 Å². The number of rotatable bonds is 8. The maximum Gasteiger partial charge on any atom is 0.242 e. The maximum atomic E-state index is 12.7. The molecule has 5 nitrogen and oxygen atoms in total. The highest BCUT2D eigenvalue weighted by Crippen LogP contribution is 2.20. The lowest BCUT2D eigenvalue weighted by molar-refractivity contribution is -0.117. The number of carbonyl (C=O) groups is 1. The van der Waals surface area contributed by atoms with Crippen LogP contribution in [0.2, 0.25) is 5.02 Å². The summed E-state index contributed by atoms with van der Waals surface area (Å²) in [6.45, 7) is 1.83. The third-order valence-corrected chi connectivity index (χ3v) is 6.09. The van der Waals surface area contributed by atoms with Crippen LogP contribution in [0.5, 0.6) is 0 Å². The molecule has 0 unspecified atom stereocenters. The molecule has 8 heteroatoms. The molecule has 0 heterocycles. The van der Waals surface area contributed by atoms with Gasteiger partial charge in [-0.25, -0.2) is 8.42 Å². The first kappa shape index (κ1) is 20.8. The molecule has 0 radical (unpaired) electrons. The molecule has 0 aliphatic heterocycles. The zero-order valence-electron chi connectivity index (χ0n) is 14.5. The van der Waals surface area contributed by atoms with E-state index in [1.165, 1.54) is 12.1 Å². The summed E-state index contributed by atoms with van der Waals surface area (Å²) in [4.78, 5) is 12.8. The molecule has 2 rings (SSSR count). The van der Waals surface area contributed by atoms with Crippen molar-refractivity contribution >= 4 is 45.0 Å². The highest BCUT2D eigenvalue weighted by molar-refractivity contribution is 7.98. The second kappa shape index (κ2) is 9.41. The Hall–Kier alpha value is -1.54. The Labute approximate surface area is 163 Å². The molecule has 1 atom stereocenters. The Balaban J connectivity index is 2.19. The minimum Gasteiger partial charge on any atom is -0.324 e. The highest BCUT2D eigenvalue weighted by atomic mass is 35.5. The normalized spacial score (nSPS) is 12.6. The van der Waals surface area contributed by atoms with Gasteiger partial charge in [0, 0.05) is 10.7 Å². The van der Waals surface area contributed by atoms with E-state index >= 15 is 0 Å². The van der Waals surface area contributed by atoms with Crippen LogP contribution in [-0.2, 0) is 14.8 Å². The van der Waals surface area contributed by atoms with E-state index < -0.39 is 22.0 Å². The third-order valence-electron chi connectivity index (χ3n) is 3.72. The fourth-order valence-electron chi connectivity index (χ4n) is 2.32. The molecule has 26 heavy (non-hydrogen) atoms. The molecular formula is C18H21ClN2O3S2. The summed E-state index contributed by atoms with van der Waals surface area (Å²) in [5.74, 6) is 0.249. The number of benzene rings is 2. The van der Waals surface area contributed by atoms with Gasteiger partial charge in [-0.15, -0.1) is 0 Å². The van der Waals surface area contributed by atoms with E-state index in [1.807, 2.05) is 13.2 Å². The first-order chi connectivity index (χ1) is 12.3. The smallest absolute Gasteiger partial charge is 0.242 e. The van der Waals surface area contributed by atoms with Crippen LogP contribution in [0, 0.1) is 6.92 Å². The van der Waals surface area contributed by atoms with Crippen LogP contribution in [0.4, 0.5) is 5.69 Å². The van der Waals surface area contributed by atoms with Crippen LogP contribution in [0.25, 0.3) is 0 Å². The predicted octanol–water partition coefficient (Wildman–Crippen LogP) is 3.69. The summed E-state index contributed by atoms with van der Waals surface area (Å²) in [5.41, 5.74) is 1.41. The molecule has 0 saturated carbocycles. The summed E-state index contributed by atoms with van der Waals surface area (Å²) in [6.07, 6.45) is 2.29. The second-order valence-electron chi connectivity index (χ2n) is 5.72. The van der Waals surface area contributed by atoms with Crippen LogP contribution in [0.15, 0.2) is 53.4 Å². The predicted molar refractivity (Wildman–Crippen MR) is 108 cm³/mol. The van der Waals surface area contributed by atoms with Crippen molar-refractivity contribution in [3.05, 3.63) is 59.1 Å². The van der Waals surface area contributed by atoms with Gasteiger partial charge in [0.05, 0.1) is 4.90 Å². The van der Waals surface area contributed by atoms with E-state index in [4.69, 9.17) is 11.6 Å². The molecule has 0 aliphatic carbocycles. The summed E-state index contributed by atoms with van der Waals surface area (Å²) < 4.78 is 27.6. The van der Waals surface area contributed by atoms with Gasteiger partial charge in [0.15, 0.2) is 0 Å². The molecule has 0 bridgehead atoms. The number of aryl methyl sites for hydroxylation is 1. The maximum absolute atomic E-state index is 12.7. The number of halogens is 1. The Bertz CT molecular complexity index is 858. The molecule has 0 fully saturated rings. The number of amides is 1. The number of hydrogen-bond acceptors (Lipinski definition) is 4. The molecule has 0 saturated heterocycles. The van der Waals surface area contributed by atoms with Crippen molar-refractivity contribution in [1.29, 1.82) is 0 Å². The van der Waals surface area contributed by atoms with E-state index in [-0.39, 0.29) is 4.90 Å². The van der Waals surface area contributed by atoms with Crippen LogP contribution >= 0.6 is 23.4 Å². The van der Waals surface area contributed by atoms with Crippen LogP contribution in [-0.4, -0.2) is 32.4 Å². The largest absolute Gasteiger partial charge is 0.324 e. The lowest BCUT2D eigenvalue weighted by Crippen LogP contribution is -2.44. The van der Waals surface area contributed by atoms with Gasteiger partial charge in [0.1, 0.15) is 6.04 Å². The standard InChI is InChI=1S/C18H21ClN2O3S2/c1-13-12-14(19)8-9-16(13)20-18(22)17(10-11-25-2)21-26(23,24)15-6-4-3-5-7-15/h3-9,12,17,21H,10-11H2,1-2H3,(H,20,22)/t17-/m0/s1. The lowest BCUT2D eigenvalue weighted by Gasteiger charge is -2.19. The number of anilines is 1. The Morgan fingerprint density at radius 2 is 1.88 bits per heavy atom. The summed E-state index contributed by atoms with van der Waals surface area (Å²) in [6, 6.07) is 12.3. The monoisotopic (exact) mass is 412 g/mol. The van der Waals surface area contributed by atoms with E-state index in [0.29, 0.717) is 22.9 Å². The molecule has 140 valence electrons. The molecule has 1 amide bonds. The van der Waals surface area contributed by atoms with Crippen molar-refractivity contribution in [3.63, 3.8) is 0 Å². The molecule has 0 aromatic heterocycles. The zero-order chi connectivity index (χ0) is 19.2. The van der Waals surface area contributed by atoms with Crippen molar-refractivity contribution in [2.24, 2.45) is 0 Å². The number of carbonyl (C=O) groups excluding carboxylic acids is 1. The lowest BCUT2D eigenvalue weighted by atomic mass is 10.1. The Morgan fingerprint density at radius 1 is 1.19 bits per heavy atom. The van der Waals surface area contributed by atoms with E-state index in [2.05, 4.69) is 10.0 Å². The molecule has 2 aromatic rings. The van der Waals surface area contributed by atoms with Crippen LogP contribution in [0.3, 0.4) is 0 Å². The average molecular weight is 413 g/mol. The average Bonchev–Trinajstić information content (AvgIpc) is 2.61. The van der Waals surface area contributed by atoms with E-state index in [9.17, 15) is 13.2 Å². The summed E-state index contributed by atoms with van der Waals surface area (Å²) in [7, 11) is -3.79. The van der Waals surface area contributed by atoms with Crippen molar-refractivity contribution in [3.8, 4) is 0 Å². The first-order valence-electron chi connectivity index (χ1n) is 7.97. The van der Waals surface area contributed by atoms with Gasteiger partial charge in [0.2, 0.25) is 15.9 Å². The Kier molecular flexibility index (Phi) is 7.52. The number of nitrogens with one attached hydrogen (secondary N) is 2. The Morgan fingerprint density at radius 3 is 2.50 bits per heavy atom. The SMILES string of the molecule is CSCC[C@H](NS(=O)(=O)c1ccccc1)C(=O)Nc1ccc(Cl)cc1C. The number of hydrogen-bond donors (Lipinski definition) is 2. The minimum absolute atomic E-state index is 0.129. The quantitative estimate of drug-likeness (QED) is 0.693. The van der Waals surface area contributed by atoms with Crippen LogP contribution in [0.1, 0.15) is 12.0 Å². The van der Waals surface area contributed by atoms with E-state index in [0.717, 1.165) is 5.56 Å². The zero-order valence-corrected chi connectivity index (χ0v) is 16.9. The molecule has 0 spiro atoms. The van der Waals surface area contributed by atoms with Crippen molar-refractivity contribution < 1.29 is 13.2 Å². The van der Waals surface area contributed by atoms with Gasteiger partial charge < -0.3 is 5.32 Å². The number of sulfonamides is 1. The second-order valence-corrected chi connectivity index (χ2v) is 8.85. The third kappa shape index (κ3) is 5.74. The molecular weight excluding hydrogens is 392 g/mol. The van der Waals surface area contributed by atoms with Crippen LogP contribution < -0.4 is 10.0 Å². The molecule has 2 aromatic carbocycles. The minimum atomic E-state index is -3.79. The fraction of sp³-hybridized carbons (Fsp3) is 0.278. The van der Waals surface area contributed by atoms with Crippen molar-refractivity contribution in [1.82, 2.24) is 4.72 Å². The molecule has 2 N–H and O–H groups in total. The van der Waals surface area contributed by atoms with Gasteiger partial charge in [-0.2, -0.15) is 16.5 Å². The number of thioether (sulfide) groups is 1. The van der Waals surface area contributed by atoms with Gasteiger partial charge in [-0.3, -0.25) is 4.79 Å². The first-order valence-corrected chi connectivity index (χ1v) is 11.2. The van der Waals surface area contributed by atoms with Gasteiger partial charge in [0.25, 0.3) is 0 Å². The summed E-state index contributed by atoms with van der Waals surface area (Å²) >= 11 is 7.48. The highest BCUT2D eigenvalue weighted by Gasteiger charge is 2.25. The molecule has 0 aliphatic rings. The van der Waals surface area contributed by atoms with Gasteiger partial charge >= 0.3 is 0 Å². The summed E-state index contributed by atoms with van der Waals surface area (Å²) in [5, 5.41) is 3.36. The van der Waals surface area contributed by atoms with Crippen molar-refractivity contribution in [2.45, 2.75) is 24.3 Å². The fourth-order valence-corrected chi connectivity index (χ4v) is 4.27.